The number of aliphatic imine (C=N–C) groups is 1. The van der Waals surface area contributed by atoms with Gasteiger partial charge in [0.2, 0.25) is 0 Å². The average molecular weight is 408 g/mol. The van der Waals surface area contributed by atoms with Crippen LogP contribution in [0.15, 0.2) is 29.3 Å². The molecule has 1 atom stereocenters. The van der Waals surface area contributed by atoms with Gasteiger partial charge in [0.15, 0.2) is 5.96 Å². The number of halogens is 1. The number of hydrogen-bond acceptors (Lipinski definition) is 3. The van der Waals surface area contributed by atoms with Crippen LogP contribution in [0.3, 0.4) is 0 Å². The number of aliphatic hydroxyl groups is 1. The Labute approximate surface area is 173 Å². The first-order valence-corrected chi connectivity index (χ1v) is 11.0. The highest BCUT2D eigenvalue weighted by molar-refractivity contribution is 6.30. The molecule has 2 fully saturated rings. The fourth-order valence-corrected chi connectivity index (χ4v) is 4.76. The van der Waals surface area contributed by atoms with Crippen LogP contribution in [0.1, 0.15) is 51.0 Å². The maximum Gasteiger partial charge on any atom is 0.191 e. The minimum atomic E-state index is -0.0326. The van der Waals surface area contributed by atoms with Crippen molar-refractivity contribution in [2.45, 2.75) is 50.9 Å². The molecule has 1 unspecified atom stereocenters. The first kappa shape index (κ1) is 21.4. The van der Waals surface area contributed by atoms with Gasteiger partial charge in [-0.05, 0) is 50.3 Å². The highest BCUT2D eigenvalue weighted by atomic mass is 35.5. The van der Waals surface area contributed by atoms with Gasteiger partial charge in [0.1, 0.15) is 0 Å². The standard InChI is InChI=1S/C22H34ClN3O2/c1-2-24-20(25-15-21(10-12-27)11-13-28-17-21)26-16-22(8-3-4-9-22)18-6-5-7-19(23)14-18/h5-7,14,27H,2-4,8-13,15-17H2,1H3,(H2,24,25,26). The number of rotatable bonds is 8. The molecule has 0 spiro atoms. The van der Waals surface area contributed by atoms with Crippen molar-refractivity contribution in [3.05, 3.63) is 34.9 Å². The molecular formula is C22H34ClN3O2. The van der Waals surface area contributed by atoms with Gasteiger partial charge >= 0.3 is 0 Å². The second-order valence-corrected chi connectivity index (χ2v) is 8.76. The molecule has 0 aromatic heterocycles. The van der Waals surface area contributed by atoms with E-state index in [1.165, 1.54) is 31.2 Å². The van der Waals surface area contributed by atoms with E-state index in [1.54, 1.807) is 0 Å². The highest BCUT2D eigenvalue weighted by Crippen LogP contribution is 2.41. The Bertz CT molecular complexity index is 653. The van der Waals surface area contributed by atoms with Crippen molar-refractivity contribution < 1.29 is 9.84 Å². The van der Waals surface area contributed by atoms with Crippen LogP contribution in [0.5, 0.6) is 0 Å². The first-order chi connectivity index (χ1) is 13.6. The van der Waals surface area contributed by atoms with Crippen LogP contribution in [-0.4, -0.2) is 50.5 Å². The summed E-state index contributed by atoms with van der Waals surface area (Å²) in [6.45, 7) is 6.05. The molecule has 5 nitrogen and oxygen atoms in total. The van der Waals surface area contributed by atoms with Crippen LogP contribution in [0.2, 0.25) is 5.02 Å². The molecule has 1 saturated carbocycles. The van der Waals surface area contributed by atoms with E-state index in [4.69, 9.17) is 21.3 Å². The lowest BCUT2D eigenvalue weighted by molar-refractivity contribution is 0.131. The second-order valence-electron chi connectivity index (χ2n) is 8.32. The SMILES string of the molecule is CCNC(=NCC1(CCO)CCOC1)NCC1(c2cccc(Cl)c2)CCCC1. The van der Waals surface area contributed by atoms with Crippen LogP contribution in [0, 0.1) is 5.41 Å². The molecule has 0 bridgehead atoms. The minimum absolute atomic E-state index is 0.0326. The molecule has 3 rings (SSSR count). The number of benzene rings is 1. The van der Waals surface area contributed by atoms with E-state index >= 15 is 0 Å². The van der Waals surface area contributed by atoms with Crippen molar-refractivity contribution in [1.29, 1.82) is 0 Å². The van der Waals surface area contributed by atoms with Gasteiger partial charge in [0.25, 0.3) is 0 Å². The summed E-state index contributed by atoms with van der Waals surface area (Å²) in [6.07, 6.45) is 6.53. The van der Waals surface area contributed by atoms with Crippen molar-refractivity contribution >= 4 is 17.6 Å². The Balaban J connectivity index is 1.70. The van der Waals surface area contributed by atoms with Gasteiger partial charge in [-0.3, -0.25) is 4.99 Å². The molecule has 0 amide bonds. The van der Waals surface area contributed by atoms with Crippen LogP contribution >= 0.6 is 11.6 Å². The van der Waals surface area contributed by atoms with Crippen molar-refractivity contribution in [1.82, 2.24) is 10.6 Å². The molecule has 2 aliphatic rings. The smallest absolute Gasteiger partial charge is 0.191 e. The van der Waals surface area contributed by atoms with Crippen LogP contribution < -0.4 is 10.6 Å². The Kier molecular flexibility index (Phi) is 7.61. The maximum absolute atomic E-state index is 9.44. The summed E-state index contributed by atoms with van der Waals surface area (Å²) in [5.74, 6) is 0.847. The summed E-state index contributed by atoms with van der Waals surface area (Å²) in [5, 5.41) is 17.2. The predicted octanol–water partition coefficient (Wildman–Crippen LogP) is 3.50. The van der Waals surface area contributed by atoms with Crippen molar-refractivity contribution in [2.75, 3.05) is 39.5 Å². The normalized spacial score (nSPS) is 24.5. The Hall–Kier alpha value is -1.30. The monoisotopic (exact) mass is 407 g/mol. The van der Waals surface area contributed by atoms with E-state index in [0.717, 1.165) is 43.5 Å². The summed E-state index contributed by atoms with van der Waals surface area (Å²) in [4.78, 5) is 4.87. The summed E-state index contributed by atoms with van der Waals surface area (Å²) >= 11 is 6.28. The quantitative estimate of drug-likeness (QED) is 0.456. The molecule has 28 heavy (non-hydrogen) atoms. The van der Waals surface area contributed by atoms with Crippen molar-refractivity contribution in [3.8, 4) is 0 Å². The molecule has 1 aliphatic heterocycles. The molecule has 1 saturated heterocycles. The third kappa shape index (κ3) is 5.19. The summed E-state index contributed by atoms with van der Waals surface area (Å²) in [6, 6.07) is 8.31. The Morgan fingerprint density at radius 2 is 2.07 bits per heavy atom. The average Bonchev–Trinajstić information content (AvgIpc) is 3.35. The van der Waals surface area contributed by atoms with Gasteiger partial charge in [0.05, 0.1) is 13.2 Å². The zero-order valence-electron chi connectivity index (χ0n) is 17.0. The van der Waals surface area contributed by atoms with E-state index in [9.17, 15) is 5.11 Å². The minimum Gasteiger partial charge on any atom is -0.396 e. The lowest BCUT2D eigenvalue weighted by Crippen LogP contribution is -2.45. The van der Waals surface area contributed by atoms with Crippen LogP contribution in [0.4, 0.5) is 0 Å². The number of ether oxygens (including phenoxy) is 1. The van der Waals surface area contributed by atoms with Gasteiger partial charge in [0, 0.05) is 42.2 Å². The molecular weight excluding hydrogens is 374 g/mol. The highest BCUT2D eigenvalue weighted by Gasteiger charge is 2.36. The van der Waals surface area contributed by atoms with E-state index in [-0.39, 0.29) is 17.4 Å². The van der Waals surface area contributed by atoms with Crippen molar-refractivity contribution in [2.24, 2.45) is 10.4 Å². The zero-order valence-corrected chi connectivity index (χ0v) is 17.7. The Morgan fingerprint density at radius 3 is 2.71 bits per heavy atom. The third-order valence-corrected chi connectivity index (χ3v) is 6.57. The number of aliphatic hydroxyl groups excluding tert-OH is 1. The second kappa shape index (κ2) is 9.95. The summed E-state index contributed by atoms with van der Waals surface area (Å²) in [7, 11) is 0. The number of guanidine groups is 1. The molecule has 3 N–H and O–H groups in total. The van der Waals surface area contributed by atoms with Gasteiger partial charge < -0.3 is 20.5 Å². The summed E-state index contributed by atoms with van der Waals surface area (Å²) in [5.41, 5.74) is 1.40. The fraction of sp³-hybridized carbons (Fsp3) is 0.682. The number of hydrogen-bond donors (Lipinski definition) is 3. The molecule has 1 aliphatic carbocycles. The molecule has 0 radical (unpaired) electrons. The van der Waals surface area contributed by atoms with E-state index in [1.807, 2.05) is 6.07 Å². The molecule has 1 aromatic rings. The maximum atomic E-state index is 9.44. The topological polar surface area (TPSA) is 65.9 Å². The fourth-order valence-electron chi connectivity index (χ4n) is 4.57. The zero-order chi connectivity index (χ0) is 19.9. The molecule has 6 heteroatoms. The van der Waals surface area contributed by atoms with E-state index < -0.39 is 0 Å². The molecule has 1 heterocycles. The largest absolute Gasteiger partial charge is 0.396 e. The number of nitrogens with zero attached hydrogens (tertiary/aromatic N) is 1. The van der Waals surface area contributed by atoms with Crippen molar-refractivity contribution in [3.63, 3.8) is 0 Å². The predicted molar refractivity (Wildman–Crippen MR) is 115 cm³/mol. The number of nitrogens with one attached hydrogen (secondary N) is 2. The van der Waals surface area contributed by atoms with Crippen LogP contribution in [-0.2, 0) is 10.2 Å². The summed E-state index contributed by atoms with van der Waals surface area (Å²) < 4.78 is 5.60. The lowest BCUT2D eigenvalue weighted by Gasteiger charge is -2.31. The lowest BCUT2D eigenvalue weighted by atomic mass is 9.79. The van der Waals surface area contributed by atoms with E-state index in [0.29, 0.717) is 13.2 Å². The Morgan fingerprint density at radius 1 is 1.25 bits per heavy atom. The third-order valence-electron chi connectivity index (χ3n) is 6.34. The molecule has 156 valence electrons. The van der Waals surface area contributed by atoms with Gasteiger partial charge in [-0.15, -0.1) is 0 Å². The van der Waals surface area contributed by atoms with Gasteiger partial charge in [-0.1, -0.05) is 36.6 Å². The van der Waals surface area contributed by atoms with E-state index in [2.05, 4.69) is 35.8 Å². The first-order valence-electron chi connectivity index (χ1n) is 10.6. The van der Waals surface area contributed by atoms with Crippen LogP contribution in [0.25, 0.3) is 0 Å². The van der Waals surface area contributed by atoms with Gasteiger partial charge in [-0.2, -0.15) is 0 Å². The van der Waals surface area contributed by atoms with Gasteiger partial charge in [-0.25, -0.2) is 0 Å². The molecule has 1 aromatic carbocycles.